The largest absolute Gasteiger partial charge is 0.465 e. The van der Waals surface area contributed by atoms with E-state index in [0.29, 0.717) is 6.42 Å². The molecular formula is C6H13NO4. The van der Waals surface area contributed by atoms with Gasteiger partial charge in [-0.1, -0.05) is 6.92 Å². The van der Waals surface area contributed by atoms with Crippen molar-refractivity contribution in [2.24, 2.45) is 0 Å². The van der Waals surface area contributed by atoms with Gasteiger partial charge in [-0.05, 0) is 6.42 Å². The first-order valence-corrected chi connectivity index (χ1v) is 3.33. The molecule has 0 heterocycles. The summed E-state index contributed by atoms with van der Waals surface area (Å²) in [5, 5.41) is 27.8. The van der Waals surface area contributed by atoms with Crippen LogP contribution in [-0.4, -0.2) is 40.2 Å². The summed E-state index contributed by atoms with van der Waals surface area (Å²) in [6.45, 7) is 0.890. The molecule has 0 aromatic rings. The average molecular weight is 163 g/mol. The van der Waals surface area contributed by atoms with Gasteiger partial charge in [-0.15, -0.1) is 0 Å². The van der Waals surface area contributed by atoms with Gasteiger partial charge in [0.2, 0.25) is 0 Å². The molecule has 0 aliphatic carbocycles. The van der Waals surface area contributed by atoms with E-state index in [-0.39, 0.29) is 0 Å². The van der Waals surface area contributed by atoms with Gasteiger partial charge in [-0.2, -0.15) is 0 Å². The van der Waals surface area contributed by atoms with Crippen LogP contribution < -0.4 is 5.32 Å². The first-order valence-electron chi connectivity index (χ1n) is 3.33. The molecule has 4 N–H and O–H groups in total. The van der Waals surface area contributed by atoms with Gasteiger partial charge < -0.3 is 20.6 Å². The summed E-state index contributed by atoms with van der Waals surface area (Å²) in [6.07, 6.45) is -0.887. The van der Waals surface area contributed by atoms with Gasteiger partial charge >= 0.3 is 6.09 Å². The highest BCUT2D eigenvalue weighted by Gasteiger charge is 2.28. The Morgan fingerprint density at radius 3 is 2.00 bits per heavy atom. The fourth-order valence-corrected chi connectivity index (χ4v) is 0.668. The predicted octanol–water partition coefficient (Wildman–Crippen LogP) is -0.613. The normalized spacial score (nSPS) is 11.2. The van der Waals surface area contributed by atoms with Crippen LogP contribution in [0.4, 0.5) is 4.79 Å². The SMILES string of the molecule is CCC(CO)(CO)NC(=O)O. The lowest BCUT2D eigenvalue weighted by molar-refractivity contribution is 0.0836. The van der Waals surface area contributed by atoms with E-state index < -0.39 is 24.8 Å². The molecule has 0 saturated heterocycles. The van der Waals surface area contributed by atoms with E-state index in [9.17, 15) is 4.79 Å². The number of aliphatic hydroxyl groups excluding tert-OH is 2. The van der Waals surface area contributed by atoms with Crippen molar-refractivity contribution in [1.29, 1.82) is 0 Å². The van der Waals surface area contributed by atoms with E-state index >= 15 is 0 Å². The molecule has 0 aromatic carbocycles. The zero-order chi connectivity index (χ0) is 8.91. The van der Waals surface area contributed by atoms with Crippen molar-refractivity contribution in [3.63, 3.8) is 0 Å². The van der Waals surface area contributed by atoms with Crippen LogP contribution in [-0.2, 0) is 0 Å². The van der Waals surface area contributed by atoms with Crippen LogP contribution in [0.5, 0.6) is 0 Å². The van der Waals surface area contributed by atoms with Crippen LogP contribution in [0, 0.1) is 0 Å². The van der Waals surface area contributed by atoms with Crippen molar-refractivity contribution in [2.75, 3.05) is 13.2 Å². The van der Waals surface area contributed by atoms with Crippen LogP contribution in [0.15, 0.2) is 0 Å². The van der Waals surface area contributed by atoms with Gasteiger partial charge in [0.25, 0.3) is 0 Å². The van der Waals surface area contributed by atoms with E-state index in [2.05, 4.69) is 5.32 Å². The number of hydrogen-bond donors (Lipinski definition) is 4. The predicted molar refractivity (Wildman–Crippen MR) is 38.4 cm³/mol. The first kappa shape index (κ1) is 10.2. The Morgan fingerprint density at radius 2 is 1.91 bits per heavy atom. The number of carbonyl (C=O) groups is 1. The second kappa shape index (κ2) is 4.15. The van der Waals surface area contributed by atoms with Crippen molar-refractivity contribution >= 4 is 6.09 Å². The highest BCUT2D eigenvalue weighted by Crippen LogP contribution is 2.07. The summed E-state index contributed by atoms with van der Waals surface area (Å²) in [5.41, 5.74) is -1.09. The number of aliphatic hydroxyl groups is 2. The quantitative estimate of drug-likeness (QED) is 0.445. The van der Waals surface area contributed by atoms with Crippen molar-refractivity contribution in [1.82, 2.24) is 5.32 Å². The third kappa shape index (κ3) is 2.73. The minimum atomic E-state index is -1.24. The van der Waals surface area contributed by atoms with Gasteiger partial charge in [0.05, 0.1) is 18.8 Å². The summed E-state index contributed by atoms with van der Waals surface area (Å²) >= 11 is 0. The Hall–Kier alpha value is -0.810. The van der Waals surface area contributed by atoms with Crippen LogP contribution >= 0.6 is 0 Å². The monoisotopic (exact) mass is 163 g/mol. The maximum Gasteiger partial charge on any atom is 0.405 e. The number of nitrogens with one attached hydrogen (secondary N) is 1. The summed E-state index contributed by atoms with van der Waals surface area (Å²) in [5.74, 6) is 0. The van der Waals surface area contributed by atoms with Crippen molar-refractivity contribution in [2.45, 2.75) is 18.9 Å². The zero-order valence-corrected chi connectivity index (χ0v) is 6.37. The van der Waals surface area contributed by atoms with Crippen molar-refractivity contribution in [3.05, 3.63) is 0 Å². The summed E-state index contributed by atoms with van der Waals surface area (Å²) < 4.78 is 0. The number of carboxylic acid groups (broad SMARTS) is 1. The van der Waals surface area contributed by atoms with Gasteiger partial charge in [0.1, 0.15) is 0 Å². The highest BCUT2D eigenvalue weighted by molar-refractivity contribution is 5.65. The third-order valence-electron chi connectivity index (χ3n) is 1.65. The molecule has 1 amide bonds. The second-order valence-corrected chi connectivity index (χ2v) is 2.38. The lowest BCUT2D eigenvalue weighted by Gasteiger charge is -2.27. The molecule has 0 bridgehead atoms. The Morgan fingerprint density at radius 1 is 1.45 bits per heavy atom. The summed E-state index contributed by atoms with van der Waals surface area (Å²) in [4.78, 5) is 10.2. The van der Waals surface area contributed by atoms with Crippen LogP contribution in [0.25, 0.3) is 0 Å². The summed E-state index contributed by atoms with van der Waals surface area (Å²) in [6, 6.07) is 0. The van der Waals surface area contributed by atoms with Gasteiger partial charge in [0.15, 0.2) is 0 Å². The Balaban J connectivity index is 4.16. The maximum atomic E-state index is 10.2. The molecule has 0 unspecified atom stereocenters. The summed E-state index contributed by atoms with van der Waals surface area (Å²) in [7, 11) is 0. The molecule has 0 radical (unpaired) electrons. The third-order valence-corrected chi connectivity index (χ3v) is 1.65. The molecule has 0 fully saturated rings. The molecule has 0 aliphatic rings. The molecule has 5 nitrogen and oxygen atoms in total. The van der Waals surface area contributed by atoms with E-state index in [1.54, 1.807) is 6.92 Å². The highest BCUT2D eigenvalue weighted by atomic mass is 16.4. The van der Waals surface area contributed by atoms with E-state index in [0.717, 1.165) is 0 Å². The lowest BCUT2D eigenvalue weighted by Crippen LogP contribution is -2.53. The zero-order valence-electron chi connectivity index (χ0n) is 6.37. The Kier molecular flexibility index (Phi) is 3.84. The van der Waals surface area contributed by atoms with E-state index in [1.165, 1.54) is 0 Å². The van der Waals surface area contributed by atoms with E-state index in [1.807, 2.05) is 0 Å². The lowest BCUT2D eigenvalue weighted by atomic mass is 9.99. The molecule has 0 spiro atoms. The molecule has 0 aromatic heterocycles. The minimum Gasteiger partial charge on any atom is -0.465 e. The molecule has 0 aliphatic heterocycles. The van der Waals surface area contributed by atoms with Crippen molar-refractivity contribution in [3.8, 4) is 0 Å². The Labute approximate surface area is 64.7 Å². The molecule has 0 atom stereocenters. The van der Waals surface area contributed by atoms with Crippen LogP contribution in [0.3, 0.4) is 0 Å². The molecule has 11 heavy (non-hydrogen) atoms. The number of rotatable bonds is 4. The van der Waals surface area contributed by atoms with Gasteiger partial charge in [-0.25, -0.2) is 4.79 Å². The average Bonchev–Trinajstić information content (AvgIpc) is 2.00. The molecule has 0 rings (SSSR count). The van der Waals surface area contributed by atoms with Crippen LogP contribution in [0.1, 0.15) is 13.3 Å². The Bertz CT molecular complexity index is 124. The molecule has 5 heteroatoms. The molecule has 66 valence electrons. The maximum absolute atomic E-state index is 10.2. The first-order chi connectivity index (χ1) is 5.10. The number of amides is 1. The standard InChI is InChI=1S/C6H13NO4/c1-2-6(3-8,4-9)7-5(10)11/h7-9H,2-4H2,1H3,(H,10,11). The topological polar surface area (TPSA) is 89.8 Å². The van der Waals surface area contributed by atoms with Crippen LogP contribution in [0.2, 0.25) is 0 Å². The number of hydrogen-bond acceptors (Lipinski definition) is 3. The van der Waals surface area contributed by atoms with Crippen molar-refractivity contribution < 1.29 is 20.1 Å². The fourth-order valence-electron chi connectivity index (χ4n) is 0.668. The fraction of sp³-hybridized carbons (Fsp3) is 0.833. The second-order valence-electron chi connectivity index (χ2n) is 2.38. The van der Waals surface area contributed by atoms with Gasteiger partial charge in [-0.3, -0.25) is 0 Å². The molecule has 0 saturated carbocycles. The van der Waals surface area contributed by atoms with E-state index in [4.69, 9.17) is 15.3 Å². The molecular weight excluding hydrogens is 150 g/mol. The minimum absolute atomic E-state index is 0.353. The smallest absolute Gasteiger partial charge is 0.405 e. The van der Waals surface area contributed by atoms with Gasteiger partial charge in [0, 0.05) is 0 Å².